The van der Waals surface area contributed by atoms with E-state index in [1.807, 2.05) is 6.07 Å². The molecule has 0 aromatic heterocycles. The first kappa shape index (κ1) is 13.1. The van der Waals surface area contributed by atoms with Gasteiger partial charge in [-0.3, -0.25) is 0 Å². The summed E-state index contributed by atoms with van der Waals surface area (Å²) >= 11 is 3.57. The minimum absolute atomic E-state index is 0.0569. The van der Waals surface area contributed by atoms with E-state index in [1.54, 1.807) is 0 Å². The van der Waals surface area contributed by atoms with Crippen LogP contribution < -0.4 is 5.73 Å². The molecule has 1 fully saturated rings. The first-order chi connectivity index (χ1) is 8.12. The first-order valence-electron chi connectivity index (χ1n) is 6.25. The van der Waals surface area contributed by atoms with Gasteiger partial charge in [0.25, 0.3) is 0 Å². The third-order valence-electron chi connectivity index (χ3n) is 3.68. The predicted molar refractivity (Wildman–Crippen MR) is 74.0 cm³/mol. The molecule has 1 saturated heterocycles. The molecule has 1 aliphatic rings. The van der Waals surface area contributed by atoms with Crippen LogP contribution in [0.15, 0.2) is 28.7 Å². The van der Waals surface area contributed by atoms with Crippen molar-refractivity contribution in [3.05, 3.63) is 34.3 Å². The Morgan fingerprint density at radius 1 is 1.41 bits per heavy atom. The number of hydrogen-bond acceptors (Lipinski definition) is 2. The Bertz CT molecular complexity index is 374. The molecule has 2 rings (SSSR count). The van der Waals surface area contributed by atoms with Gasteiger partial charge in [0.2, 0.25) is 0 Å². The van der Waals surface area contributed by atoms with Crippen LogP contribution in [0.5, 0.6) is 0 Å². The van der Waals surface area contributed by atoms with Crippen molar-refractivity contribution in [3.63, 3.8) is 0 Å². The van der Waals surface area contributed by atoms with E-state index in [0.29, 0.717) is 0 Å². The summed E-state index contributed by atoms with van der Waals surface area (Å²) in [5.41, 5.74) is 7.44. The molecule has 2 N–H and O–H groups in total. The van der Waals surface area contributed by atoms with Crippen LogP contribution in [0.2, 0.25) is 0 Å². The molecule has 1 aromatic rings. The fraction of sp³-hybridized carbons (Fsp3) is 0.571. The second-order valence-corrected chi connectivity index (χ2v) is 5.87. The van der Waals surface area contributed by atoms with Crippen molar-refractivity contribution in [3.8, 4) is 0 Å². The monoisotopic (exact) mass is 297 g/mol. The maximum atomic E-state index is 6.34. The summed E-state index contributed by atoms with van der Waals surface area (Å²) in [4.78, 5) is 0. The van der Waals surface area contributed by atoms with E-state index in [2.05, 4.69) is 41.1 Å². The second kappa shape index (κ2) is 5.51. The van der Waals surface area contributed by atoms with E-state index in [9.17, 15) is 0 Å². The van der Waals surface area contributed by atoms with Crippen molar-refractivity contribution >= 4 is 15.9 Å². The van der Waals surface area contributed by atoms with Crippen molar-refractivity contribution in [2.45, 2.75) is 44.2 Å². The van der Waals surface area contributed by atoms with Crippen LogP contribution >= 0.6 is 15.9 Å². The van der Waals surface area contributed by atoms with E-state index in [1.165, 1.54) is 12.0 Å². The highest BCUT2D eigenvalue weighted by molar-refractivity contribution is 9.10. The molecule has 17 heavy (non-hydrogen) atoms. The summed E-state index contributed by atoms with van der Waals surface area (Å²) in [5, 5.41) is 0. The maximum Gasteiger partial charge on any atom is 0.0807 e. The summed E-state index contributed by atoms with van der Waals surface area (Å²) in [6.07, 6.45) is 4.31. The Morgan fingerprint density at radius 2 is 2.18 bits per heavy atom. The van der Waals surface area contributed by atoms with Gasteiger partial charge in [-0.2, -0.15) is 0 Å². The third kappa shape index (κ3) is 3.09. The lowest BCUT2D eigenvalue weighted by atomic mass is 9.85. The SMILES string of the molecule is CC1(C(N)Cc2ccccc2Br)CCCCO1. The molecule has 0 saturated carbocycles. The van der Waals surface area contributed by atoms with Gasteiger partial charge in [-0.15, -0.1) is 0 Å². The quantitative estimate of drug-likeness (QED) is 0.929. The molecule has 1 aliphatic heterocycles. The van der Waals surface area contributed by atoms with Crippen molar-refractivity contribution in [2.75, 3.05) is 6.61 Å². The molecule has 0 spiro atoms. The Morgan fingerprint density at radius 3 is 2.82 bits per heavy atom. The van der Waals surface area contributed by atoms with Crippen LogP contribution in [0.25, 0.3) is 0 Å². The highest BCUT2D eigenvalue weighted by atomic mass is 79.9. The van der Waals surface area contributed by atoms with Gasteiger partial charge >= 0.3 is 0 Å². The molecule has 94 valence electrons. The molecular formula is C14H20BrNO. The molecule has 0 aliphatic carbocycles. The van der Waals surface area contributed by atoms with Crippen molar-refractivity contribution < 1.29 is 4.74 Å². The molecule has 2 atom stereocenters. The van der Waals surface area contributed by atoms with Crippen molar-refractivity contribution in [1.82, 2.24) is 0 Å². The third-order valence-corrected chi connectivity index (χ3v) is 4.45. The number of ether oxygens (including phenoxy) is 1. The minimum Gasteiger partial charge on any atom is -0.374 e. The molecule has 2 nitrogen and oxygen atoms in total. The summed E-state index contributed by atoms with van der Waals surface area (Å²) in [6.45, 7) is 2.99. The predicted octanol–water partition coefficient (Wildman–Crippen LogP) is 3.28. The van der Waals surface area contributed by atoms with Gasteiger partial charge in [-0.25, -0.2) is 0 Å². The fourth-order valence-corrected chi connectivity index (χ4v) is 2.81. The normalized spacial score (nSPS) is 26.8. The molecule has 3 heteroatoms. The van der Waals surface area contributed by atoms with Crippen LogP contribution in [-0.4, -0.2) is 18.2 Å². The van der Waals surface area contributed by atoms with Gasteiger partial charge in [-0.1, -0.05) is 34.1 Å². The number of rotatable bonds is 3. The number of halogens is 1. The summed E-state index contributed by atoms with van der Waals surface area (Å²) < 4.78 is 7.03. The maximum absolute atomic E-state index is 6.34. The largest absolute Gasteiger partial charge is 0.374 e. The van der Waals surface area contributed by atoms with Gasteiger partial charge in [0.05, 0.1) is 5.60 Å². The molecule has 1 aromatic carbocycles. The number of benzene rings is 1. The van der Waals surface area contributed by atoms with Crippen LogP contribution in [0.3, 0.4) is 0 Å². The van der Waals surface area contributed by atoms with Crippen molar-refractivity contribution in [2.24, 2.45) is 5.73 Å². The van der Waals surface area contributed by atoms with E-state index in [0.717, 1.165) is 30.3 Å². The highest BCUT2D eigenvalue weighted by Gasteiger charge is 2.34. The summed E-state index contributed by atoms with van der Waals surface area (Å²) in [5.74, 6) is 0. The molecule has 0 bridgehead atoms. The van der Waals surface area contributed by atoms with Crippen LogP contribution in [0.4, 0.5) is 0 Å². The Kier molecular flexibility index (Phi) is 4.23. The Balaban J connectivity index is 2.05. The second-order valence-electron chi connectivity index (χ2n) is 5.02. The Hall–Kier alpha value is -0.380. The average molecular weight is 298 g/mol. The zero-order valence-electron chi connectivity index (χ0n) is 10.3. The molecular weight excluding hydrogens is 278 g/mol. The number of nitrogens with two attached hydrogens (primary N) is 1. The lowest BCUT2D eigenvalue weighted by Gasteiger charge is -2.39. The lowest BCUT2D eigenvalue weighted by molar-refractivity contribution is -0.0808. The van der Waals surface area contributed by atoms with Crippen molar-refractivity contribution in [1.29, 1.82) is 0 Å². The van der Waals surface area contributed by atoms with Crippen LogP contribution in [0.1, 0.15) is 31.7 Å². The summed E-state index contributed by atoms with van der Waals surface area (Å²) in [7, 11) is 0. The van der Waals surface area contributed by atoms with E-state index in [4.69, 9.17) is 10.5 Å². The highest BCUT2D eigenvalue weighted by Crippen LogP contribution is 2.29. The van der Waals surface area contributed by atoms with E-state index >= 15 is 0 Å². The smallest absolute Gasteiger partial charge is 0.0807 e. The molecule has 0 amide bonds. The van der Waals surface area contributed by atoms with Gasteiger partial charge in [-0.05, 0) is 44.2 Å². The molecule has 0 radical (unpaired) electrons. The first-order valence-corrected chi connectivity index (χ1v) is 7.04. The molecule has 1 heterocycles. The van der Waals surface area contributed by atoms with Gasteiger partial charge in [0.15, 0.2) is 0 Å². The van der Waals surface area contributed by atoms with E-state index < -0.39 is 0 Å². The zero-order chi connectivity index (χ0) is 12.3. The van der Waals surface area contributed by atoms with Gasteiger partial charge in [0.1, 0.15) is 0 Å². The standard InChI is InChI=1S/C14H20BrNO/c1-14(8-4-5-9-17-14)13(16)10-11-6-2-3-7-12(11)15/h2-3,6-7,13H,4-5,8-10,16H2,1H3. The number of hydrogen-bond donors (Lipinski definition) is 1. The van der Waals surface area contributed by atoms with E-state index in [-0.39, 0.29) is 11.6 Å². The van der Waals surface area contributed by atoms with Gasteiger partial charge in [0, 0.05) is 17.1 Å². The Labute approximate surface area is 112 Å². The van der Waals surface area contributed by atoms with Crippen LogP contribution in [-0.2, 0) is 11.2 Å². The summed E-state index contributed by atoms with van der Waals surface area (Å²) in [6, 6.07) is 8.32. The molecule has 2 unspecified atom stereocenters. The van der Waals surface area contributed by atoms with Gasteiger partial charge < -0.3 is 10.5 Å². The lowest BCUT2D eigenvalue weighted by Crippen LogP contribution is -2.50. The fourth-order valence-electron chi connectivity index (χ4n) is 2.36. The van der Waals surface area contributed by atoms with Crippen LogP contribution in [0, 0.1) is 0 Å². The topological polar surface area (TPSA) is 35.2 Å². The minimum atomic E-state index is -0.159. The average Bonchev–Trinajstić information content (AvgIpc) is 2.33. The zero-order valence-corrected chi connectivity index (χ0v) is 11.9.